The summed E-state index contributed by atoms with van der Waals surface area (Å²) in [5, 5.41) is 0.175. The van der Waals surface area contributed by atoms with Crippen molar-refractivity contribution in [3.8, 4) is 0 Å². The van der Waals surface area contributed by atoms with Crippen LogP contribution in [0.25, 0.3) is 10.9 Å². The number of hydrogen-bond donors (Lipinski definition) is 0. The minimum absolute atomic E-state index is 0.0354. The summed E-state index contributed by atoms with van der Waals surface area (Å²) in [7, 11) is 0. The van der Waals surface area contributed by atoms with Crippen molar-refractivity contribution in [3.63, 3.8) is 0 Å². The van der Waals surface area contributed by atoms with Crippen molar-refractivity contribution in [1.29, 1.82) is 0 Å². The van der Waals surface area contributed by atoms with Gasteiger partial charge in [0.1, 0.15) is 12.4 Å². The van der Waals surface area contributed by atoms with E-state index in [4.69, 9.17) is 4.74 Å². The number of morpholine rings is 1. The molecule has 6 nitrogen and oxygen atoms in total. The number of halogens is 1. The number of aromatic nitrogens is 2. The minimum Gasteiger partial charge on any atom is -0.375 e. The van der Waals surface area contributed by atoms with Crippen LogP contribution in [0.5, 0.6) is 0 Å². The lowest BCUT2D eigenvalue weighted by Crippen LogP contribution is -2.47. The molecule has 7 heteroatoms. The second-order valence-corrected chi connectivity index (χ2v) is 5.58. The van der Waals surface area contributed by atoms with Crippen molar-refractivity contribution in [2.75, 3.05) is 19.7 Å². The second kappa shape index (κ2) is 6.45. The van der Waals surface area contributed by atoms with Crippen LogP contribution < -0.4 is 5.56 Å². The van der Waals surface area contributed by atoms with Crippen molar-refractivity contribution >= 4 is 16.8 Å². The fraction of sp³-hybridized carbons (Fsp3) is 0.438. The highest BCUT2D eigenvalue weighted by Crippen LogP contribution is 2.10. The highest BCUT2D eigenvalue weighted by Gasteiger charge is 2.23. The number of carbonyl (C=O) groups is 1. The summed E-state index contributed by atoms with van der Waals surface area (Å²) in [5.74, 6) is -0.661. The van der Waals surface area contributed by atoms with E-state index in [0.717, 1.165) is 12.5 Å². The largest absolute Gasteiger partial charge is 0.375 e. The number of benzene rings is 1. The molecule has 0 saturated carbocycles. The monoisotopic (exact) mass is 319 g/mol. The van der Waals surface area contributed by atoms with Crippen LogP contribution in [0.15, 0.2) is 29.3 Å². The Balaban J connectivity index is 1.82. The maximum atomic E-state index is 13.3. The molecule has 0 aliphatic carbocycles. The van der Waals surface area contributed by atoms with Gasteiger partial charge in [-0.3, -0.25) is 14.2 Å². The van der Waals surface area contributed by atoms with Crippen LogP contribution in [0, 0.1) is 5.82 Å². The molecule has 0 unspecified atom stereocenters. The molecule has 1 aliphatic rings. The summed E-state index contributed by atoms with van der Waals surface area (Å²) in [6, 6.07) is 3.85. The highest BCUT2D eigenvalue weighted by molar-refractivity contribution is 5.79. The Bertz CT molecular complexity index is 790. The maximum absolute atomic E-state index is 13.3. The molecule has 1 saturated heterocycles. The molecule has 1 aliphatic heterocycles. The molecular formula is C16H18FN3O3. The number of nitrogens with zero attached hydrogens (tertiary/aromatic N) is 3. The number of carbonyl (C=O) groups excluding carboxylic acids is 1. The van der Waals surface area contributed by atoms with Crippen LogP contribution in [0.4, 0.5) is 4.39 Å². The quantitative estimate of drug-likeness (QED) is 0.852. The summed E-state index contributed by atoms with van der Waals surface area (Å²) in [6.45, 7) is 3.44. The molecule has 0 N–H and O–H groups in total. The van der Waals surface area contributed by atoms with Crippen LogP contribution in [0.3, 0.4) is 0 Å². The Kier molecular flexibility index (Phi) is 4.38. The fourth-order valence-corrected chi connectivity index (χ4v) is 2.68. The standard InChI is InChI=1S/C16H18FN3O3/c1-2-12-8-19(5-6-23-12)15(21)9-20-10-18-14-4-3-11(17)7-13(14)16(20)22/h3-4,7,10,12H,2,5-6,8-9H2,1H3/t12-/m1/s1. The molecular weight excluding hydrogens is 301 g/mol. The average molecular weight is 319 g/mol. The van der Waals surface area contributed by atoms with Gasteiger partial charge >= 0.3 is 0 Å². The van der Waals surface area contributed by atoms with Gasteiger partial charge in [-0.15, -0.1) is 0 Å². The first-order chi connectivity index (χ1) is 11.1. The van der Waals surface area contributed by atoms with Crippen LogP contribution in [0.2, 0.25) is 0 Å². The van der Waals surface area contributed by atoms with Crippen molar-refractivity contribution in [2.24, 2.45) is 0 Å². The van der Waals surface area contributed by atoms with E-state index in [1.807, 2.05) is 6.92 Å². The van der Waals surface area contributed by atoms with Gasteiger partial charge in [0.05, 0.1) is 29.9 Å². The summed E-state index contributed by atoms with van der Waals surface area (Å²) in [4.78, 5) is 30.6. The lowest BCUT2D eigenvalue weighted by molar-refractivity contribution is -0.139. The summed E-state index contributed by atoms with van der Waals surface area (Å²) >= 11 is 0. The van der Waals surface area contributed by atoms with Gasteiger partial charge in [0, 0.05) is 13.1 Å². The molecule has 3 rings (SSSR count). The van der Waals surface area contributed by atoms with E-state index in [2.05, 4.69) is 4.98 Å². The van der Waals surface area contributed by atoms with Gasteiger partial charge in [0.15, 0.2) is 0 Å². The lowest BCUT2D eigenvalue weighted by atomic mass is 10.2. The number of rotatable bonds is 3. The van der Waals surface area contributed by atoms with Gasteiger partial charge in [-0.2, -0.15) is 0 Å². The zero-order valence-corrected chi connectivity index (χ0v) is 12.9. The zero-order valence-electron chi connectivity index (χ0n) is 12.9. The first kappa shape index (κ1) is 15.6. The van der Waals surface area contributed by atoms with E-state index in [1.54, 1.807) is 4.90 Å². The third-order valence-corrected chi connectivity index (χ3v) is 4.04. The van der Waals surface area contributed by atoms with Crippen molar-refractivity contribution in [1.82, 2.24) is 14.5 Å². The second-order valence-electron chi connectivity index (χ2n) is 5.58. The predicted octanol–water partition coefficient (Wildman–Crippen LogP) is 1.17. The molecule has 0 radical (unpaired) electrons. The van der Waals surface area contributed by atoms with Gasteiger partial charge < -0.3 is 9.64 Å². The molecule has 0 bridgehead atoms. The van der Waals surface area contributed by atoms with E-state index in [-0.39, 0.29) is 23.9 Å². The molecule has 122 valence electrons. The van der Waals surface area contributed by atoms with Gasteiger partial charge in [-0.1, -0.05) is 6.92 Å². The van der Waals surface area contributed by atoms with Crippen LogP contribution >= 0.6 is 0 Å². The minimum atomic E-state index is -0.501. The molecule has 1 aromatic carbocycles. The molecule has 1 amide bonds. The first-order valence-corrected chi connectivity index (χ1v) is 7.62. The predicted molar refractivity (Wildman–Crippen MR) is 82.6 cm³/mol. The van der Waals surface area contributed by atoms with Gasteiger partial charge in [0.25, 0.3) is 5.56 Å². The van der Waals surface area contributed by atoms with Gasteiger partial charge in [-0.05, 0) is 24.6 Å². The van der Waals surface area contributed by atoms with E-state index >= 15 is 0 Å². The van der Waals surface area contributed by atoms with E-state index in [1.165, 1.54) is 23.0 Å². The molecule has 23 heavy (non-hydrogen) atoms. The molecule has 2 aromatic rings. The Morgan fingerprint density at radius 3 is 3.09 bits per heavy atom. The van der Waals surface area contributed by atoms with E-state index in [0.29, 0.717) is 25.2 Å². The maximum Gasteiger partial charge on any atom is 0.261 e. The number of hydrogen-bond acceptors (Lipinski definition) is 4. The van der Waals surface area contributed by atoms with E-state index < -0.39 is 11.4 Å². The number of amides is 1. The molecule has 0 spiro atoms. The molecule has 2 heterocycles. The summed E-state index contributed by atoms with van der Waals surface area (Å²) in [5.41, 5.74) is 0.000620. The summed E-state index contributed by atoms with van der Waals surface area (Å²) in [6.07, 6.45) is 2.20. The normalized spacial score (nSPS) is 18.3. The molecule has 1 fully saturated rings. The Hall–Kier alpha value is -2.28. The SMILES string of the molecule is CC[C@@H]1CN(C(=O)Cn2cnc3ccc(F)cc3c2=O)CCO1. The Labute approximate surface area is 132 Å². The number of fused-ring (bicyclic) bond motifs is 1. The topological polar surface area (TPSA) is 64.4 Å². The van der Waals surface area contributed by atoms with Crippen molar-refractivity contribution in [3.05, 3.63) is 40.7 Å². The van der Waals surface area contributed by atoms with Crippen LogP contribution in [-0.4, -0.2) is 46.2 Å². The van der Waals surface area contributed by atoms with Crippen LogP contribution in [-0.2, 0) is 16.1 Å². The van der Waals surface area contributed by atoms with Crippen molar-refractivity contribution in [2.45, 2.75) is 26.0 Å². The summed E-state index contributed by atoms with van der Waals surface area (Å²) < 4.78 is 20.1. The number of ether oxygens (including phenoxy) is 1. The van der Waals surface area contributed by atoms with Crippen molar-refractivity contribution < 1.29 is 13.9 Å². The third kappa shape index (κ3) is 3.24. The fourth-order valence-electron chi connectivity index (χ4n) is 2.68. The van der Waals surface area contributed by atoms with Crippen LogP contribution in [0.1, 0.15) is 13.3 Å². The third-order valence-electron chi connectivity index (χ3n) is 4.04. The van der Waals surface area contributed by atoms with Gasteiger partial charge in [0.2, 0.25) is 5.91 Å². The Morgan fingerprint density at radius 2 is 2.30 bits per heavy atom. The first-order valence-electron chi connectivity index (χ1n) is 7.62. The van der Waals surface area contributed by atoms with Gasteiger partial charge in [-0.25, -0.2) is 9.37 Å². The highest BCUT2D eigenvalue weighted by atomic mass is 19.1. The lowest BCUT2D eigenvalue weighted by Gasteiger charge is -2.32. The smallest absolute Gasteiger partial charge is 0.261 e. The zero-order chi connectivity index (χ0) is 16.4. The Morgan fingerprint density at radius 1 is 1.48 bits per heavy atom. The van der Waals surface area contributed by atoms with E-state index in [9.17, 15) is 14.0 Å². The average Bonchev–Trinajstić information content (AvgIpc) is 2.58. The molecule has 1 atom stereocenters. The molecule has 1 aromatic heterocycles.